The largest absolute Gasteiger partial charge is 0.490 e. The van der Waals surface area contributed by atoms with Gasteiger partial charge in [-0.25, -0.2) is 4.79 Å². The lowest BCUT2D eigenvalue weighted by Crippen LogP contribution is -2.28. The van der Waals surface area contributed by atoms with Crippen molar-refractivity contribution in [3.8, 4) is 5.75 Å². The molecule has 1 saturated carbocycles. The van der Waals surface area contributed by atoms with Crippen LogP contribution in [0, 0.1) is 0 Å². The summed E-state index contributed by atoms with van der Waals surface area (Å²) in [7, 11) is 1.74. The average molecular weight is 294 g/mol. The van der Waals surface area contributed by atoms with Crippen molar-refractivity contribution in [2.75, 3.05) is 20.3 Å². The molecule has 2 atom stereocenters. The van der Waals surface area contributed by atoms with Crippen LogP contribution >= 0.6 is 0 Å². The van der Waals surface area contributed by atoms with E-state index in [1.165, 1.54) is 6.07 Å². The first-order chi connectivity index (χ1) is 10.2. The Kier molecular flexibility index (Phi) is 6.02. The van der Waals surface area contributed by atoms with Gasteiger partial charge in [0, 0.05) is 7.11 Å². The van der Waals surface area contributed by atoms with Gasteiger partial charge >= 0.3 is 5.97 Å². The van der Waals surface area contributed by atoms with Gasteiger partial charge in [0.2, 0.25) is 0 Å². The van der Waals surface area contributed by atoms with E-state index in [1.807, 2.05) is 0 Å². The Balaban J connectivity index is 1.74. The van der Waals surface area contributed by atoms with Gasteiger partial charge in [0.05, 0.1) is 18.8 Å². The van der Waals surface area contributed by atoms with Crippen molar-refractivity contribution < 1.29 is 24.1 Å². The lowest BCUT2D eigenvalue weighted by molar-refractivity contribution is -0.0362. The fourth-order valence-electron chi connectivity index (χ4n) is 2.60. The molecular weight excluding hydrogens is 272 g/mol. The molecule has 1 aromatic rings. The zero-order valence-corrected chi connectivity index (χ0v) is 12.3. The summed E-state index contributed by atoms with van der Waals surface area (Å²) in [6.45, 7) is 0.799. The third kappa shape index (κ3) is 4.72. The molecule has 0 saturated heterocycles. The molecule has 2 rings (SSSR count). The van der Waals surface area contributed by atoms with Gasteiger partial charge in [0.25, 0.3) is 0 Å². The van der Waals surface area contributed by atoms with Gasteiger partial charge in [0.15, 0.2) is 0 Å². The highest BCUT2D eigenvalue weighted by molar-refractivity contribution is 5.90. The summed E-state index contributed by atoms with van der Waals surface area (Å²) in [6, 6.07) is 6.63. The molecule has 5 heteroatoms. The quantitative estimate of drug-likeness (QED) is 0.783. The summed E-state index contributed by atoms with van der Waals surface area (Å²) in [5, 5.41) is 9.06. The molecule has 1 aliphatic rings. The maximum Gasteiger partial charge on any atom is 0.339 e. The molecule has 0 radical (unpaired) electrons. The molecule has 0 aliphatic heterocycles. The molecule has 0 amide bonds. The van der Waals surface area contributed by atoms with Crippen LogP contribution in [0.1, 0.15) is 36.0 Å². The molecule has 1 fully saturated rings. The van der Waals surface area contributed by atoms with Gasteiger partial charge in [0.1, 0.15) is 17.9 Å². The van der Waals surface area contributed by atoms with Crippen LogP contribution in [0.15, 0.2) is 24.3 Å². The summed E-state index contributed by atoms with van der Waals surface area (Å²) in [5.41, 5.74) is 0.176. The number of carboxylic acids is 1. The molecule has 2 unspecified atom stereocenters. The Morgan fingerprint density at radius 1 is 1.24 bits per heavy atom. The zero-order chi connectivity index (χ0) is 15.1. The minimum absolute atomic E-state index is 0.176. The number of carboxylic acid groups (broad SMARTS) is 1. The maximum atomic E-state index is 11.0. The molecule has 1 aliphatic carbocycles. The molecule has 0 spiro atoms. The Bertz CT molecular complexity index is 460. The van der Waals surface area contributed by atoms with Gasteiger partial charge in [-0.1, -0.05) is 12.1 Å². The topological polar surface area (TPSA) is 65.0 Å². The first kappa shape index (κ1) is 15.8. The van der Waals surface area contributed by atoms with Gasteiger partial charge in [-0.15, -0.1) is 0 Å². The Labute approximate surface area is 124 Å². The predicted octanol–water partition coefficient (Wildman–Crippen LogP) is 2.74. The number of carbonyl (C=O) groups is 1. The number of hydrogen-bond acceptors (Lipinski definition) is 4. The summed E-state index contributed by atoms with van der Waals surface area (Å²) < 4.78 is 16.7. The van der Waals surface area contributed by atoms with Crippen molar-refractivity contribution in [2.24, 2.45) is 0 Å². The summed E-state index contributed by atoms with van der Waals surface area (Å²) >= 11 is 0. The van der Waals surface area contributed by atoms with E-state index in [0.29, 0.717) is 19.0 Å². The molecule has 5 nitrogen and oxygen atoms in total. The van der Waals surface area contributed by atoms with Gasteiger partial charge in [-0.2, -0.15) is 0 Å². The second kappa shape index (κ2) is 8.00. The first-order valence-electron chi connectivity index (χ1n) is 7.30. The van der Waals surface area contributed by atoms with E-state index in [-0.39, 0.29) is 17.8 Å². The van der Waals surface area contributed by atoms with Gasteiger partial charge in [-0.3, -0.25) is 0 Å². The number of hydrogen-bond donors (Lipinski definition) is 1. The maximum absolute atomic E-state index is 11.0. The van der Waals surface area contributed by atoms with Gasteiger partial charge in [-0.05, 0) is 37.8 Å². The fourth-order valence-corrected chi connectivity index (χ4v) is 2.60. The lowest BCUT2D eigenvalue weighted by atomic mass is 9.95. The Morgan fingerprint density at radius 3 is 2.76 bits per heavy atom. The van der Waals surface area contributed by atoms with Crippen LogP contribution in [0.5, 0.6) is 5.75 Å². The van der Waals surface area contributed by atoms with E-state index < -0.39 is 5.97 Å². The number of ether oxygens (including phenoxy) is 3. The van der Waals surface area contributed by atoms with E-state index in [0.717, 1.165) is 25.7 Å². The Morgan fingerprint density at radius 2 is 2.00 bits per heavy atom. The molecule has 0 bridgehead atoms. The minimum atomic E-state index is -0.985. The fraction of sp³-hybridized carbons (Fsp3) is 0.562. The van der Waals surface area contributed by atoms with Crippen LogP contribution in [0.3, 0.4) is 0 Å². The van der Waals surface area contributed by atoms with E-state index in [1.54, 1.807) is 25.3 Å². The zero-order valence-electron chi connectivity index (χ0n) is 12.3. The summed E-state index contributed by atoms with van der Waals surface area (Å²) in [6.07, 6.45) is 4.68. The van der Waals surface area contributed by atoms with E-state index in [9.17, 15) is 4.79 Å². The third-order valence-electron chi connectivity index (χ3n) is 3.72. The highest BCUT2D eigenvalue weighted by Gasteiger charge is 2.22. The van der Waals surface area contributed by atoms with Crippen LogP contribution in [-0.2, 0) is 9.47 Å². The molecule has 1 aromatic carbocycles. The van der Waals surface area contributed by atoms with Crippen LogP contribution in [-0.4, -0.2) is 43.6 Å². The molecule has 0 aromatic heterocycles. The van der Waals surface area contributed by atoms with Crippen molar-refractivity contribution in [1.82, 2.24) is 0 Å². The number of methoxy groups -OCH3 is 1. The van der Waals surface area contributed by atoms with Crippen molar-refractivity contribution in [3.63, 3.8) is 0 Å². The molecular formula is C16H22O5. The highest BCUT2D eigenvalue weighted by Crippen LogP contribution is 2.23. The van der Waals surface area contributed by atoms with Crippen molar-refractivity contribution >= 4 is 5.97 Å². The van der Waals surface area contributed by atoms with Crippen molar-refractivity contribution in [2.45, 2.75) is 37.9 Å². The molecule has 0 heterocycles. The second-order valence-electron chi connectivity index (χ2n) is 5.17. The third-order valence-corrected chi connectivity index (χ3v) is 3.72. The summed E-state index contributed by atoms with van der Waals surface area (Å²) in [5.74, 6) is -0.603. The van der Waals surface area contributed by atoms with Crippen LogP contribution in [0.4, 0.5) is 0 Å². The van der Waals surface area contributed by atoms with E-state index in [2.05, 4.69) is 0 Å². The number of rotatable bonds is 7. The SMILES string of the molecule is COC1CCCC(OCCOc2ccccc2C(=O)O)C1. The van der Waals surface area contributed by atoms with Crippen molar-refractivity contribution in [3.05, 3.63) is 29.8 Å². The predicted molar refractivity (Wildman–Crippen MR) is 77.9 cm³/mol. The highest BCUT2D eigenvalue weighted by atomic mass is 16.5. The number of aromatic carboxylic acids is 1. The minimum Gasteiger partial charge on any atom is -0.490 e. The molecule has 1 N–H and O–H groups in total. The first-order valence-corrected chi connectivity index (χ1v) is 7.30. The second-order valence-corrected chi connectivity index (χ2v) is 5.17. The number of benzene rings is 1. The van der Waals surface area contributed by atoms with Gasteiger partial charge < -0.3 is 19.3 Å². The monoisotopic (exact) mass is 294 g/mol. The van der Waals surface area contributed by atoms with E-state index in [4.69, 9.17) is 19.3 Å². The van der Waals surface area contributed by atoms with Crippen LogP contribution in [0.2, 0.25) is 0 Å². The lowest BCUT2D eigenvalue weighted by Gasteiger charge is -2.28. The van der Waals surface area contributed by atoms with Crippen LogP contribution in [0.25, 0.3) is 0 Å². The van der Waals surface area contributed by atoms with Crippen molar-refractivity contribution in [1.29, 1.82) is 0 Å². The summed E-state index contributed by atoms with van der Waals surface area (Å²) in [4.78, 5) is 11.0. The normalized spacial score (nSPS) is 22.0. The molecule has 116 valence electrons. The molecule has 21 heavy (non-hydrogen) atoms. The average Bonchev–Trinajstić information content (AvgIpc) is 2.52. The van der Waals surface area contributed by atoms with Crippen LogP contribution < -0.4 is 4.74 Å². The standard InChI is InChI=1S/C16H22O5/c1-19-12-5-4-6-13(11-12)20-9-10-21-15-8-3-2-7-14(15)16(17)18/h2-3,7-8,12-13H,4-6,9-11H2,1H3,(H,17,18). The smallest absolute Gasteiger partial charge is 0.339 e. The van der Waals surface area contributed by atoms with E-state index >= 15 is 0 Å². The Hall–Kier alpha value is -1.59. The number of para-hydroxylation sites is 1.